The van der Waals surface area contributed by atoms with E-state index in [0.29, 0.717) is 5.92 Å². The molecule has 1 aliphatic rings. The van der Waals surface area contributed by atoms with E-state index in [2.05, 4.69) is 66.9 Å². The summed E-state index contributed by atoms with van der Waals surface area (Å²) in [6, 6.07) is 13.5. The normalized spacial score (nSPS) is 17.6. The average molecular weight is 371 g/mol. The number of nitrogens with zero attached hydrogens (tertiary/aromatic N) is 1. The molecule has 0 radical (unpaired) electrons. The summed E-state index contributed by atoms with van der Waals surface area (Å²) in [5.74, 6) is 1.53. The van der Waals surface area contributed by atoms with E-state index in [4.69, 9.17) is 0 Å². The van der Waals surface area contributed by atoms with Gasteiger partial charge in [-0.3, -0.25) is 0 Å². The first kappa shape index (κ1) is 19.6. The summed E-state index contributed by atoms with van der Waals surface area (Å²) in [6.07, 6.45) is 9.55. The Bertz CT molecular complexity index is 650. The Hall–Kier alpha value is -1.12. The summed E-state index contributed by atoms with van der Waals surface area (Å²) in [6.45, 7) is 9.37. The second-order valence-corrected chi connectivity index (χ2v) is 9.85. The fourth-order valence-corrected chi connectivity index (χ4v) is 6.97. The number of benzene rings is 1. The van der Waals surface area contributed by atoms with Crippen molar-refractivity contribution in [2.24, 2.45) is 5.92 Å². The molecule has 2 aromatic rings. The topological polar surface area (TPSA) is 3.24 Å². The van der Waals surface area contributed by atoms with Crippen molar-refractivity contribution in [3.8, 4) is 0 Å². The van der Waals surface area contributed by atoms with E-state index in [9.17, 15) is 0 Å². The Balaban J connectivity index is 1.82. The van der Waals surface area contributed by atoms with Gasteiger partial charge in [-0.15, -0.1) is 4.31 Å². The van der Waals surface area contributed by atoms with Crippen LogP contribution < -0.4 is 4.31 Å². The molecule has 2 atom stereocenters. The summed E-state index contributed by atoms with van der Waals surface area (Å²) >= 11 is 0. The van der Waals surface area contributed by atoms with Gasteiger partial charge in [-0.25, -0.2) is 0 Å². The highest BCUT2D eigenvalue weighted by molar-refractivity contribution is 7.32. The highest BCUT2D eigenvalue weighted by Gasteiger charge is 2.30. The molecule has 1 heterocycles. The molecule has 0 aliphatic heterocycles. The van der Waals surface area contributed by atoms with Crippen molar-refractivity contribution in [1.29, 1.82) is 0 Å². The molecule has 2 unspecified atom stereocenters. The van der Waals surface area contributed by atoms with Crippen LogP contribution in [0, 0.1) is 5.92 Å². The molecule has 1 nitrogen and oxygen atoms in total. The van der Waals surface area contributed by atoms with Crippen LogP contribution in [0.25, 0.3) is 0 Å². The van der Waals surface area contributed by atoms with Crippen LogP contribution in [0.5, 0.6) is 0 Å². The van der Waals surface area contributed by atoms with Crippen LogP contribution in [0.2, 0.25) is 0 Å². The Kier molecular flexibility index (Phi) is 7.33. The number of hydrogen-bond donors (Lipinski definition) is 0. The van der Waals surface area contributed by atoms with Gasteiger partial charge in [0.1, 0.15) is 0 Å². The predicted octanol–water partition coefficient (Wildman–Crippen LogP) is 6.88. The van der Waals surface area contributed by atoms with Crippen LogP contribution in [0.15, 0.2) is 41.8 Å². The van der Waals surface area contributed by atoms with Gasteiger partial charge in [0.15, 0.2) is 10.3 Å². The van der Waals surface area contributed by atoms with Crippen molar-refractivity contribution in [1.82, 2.24) is 0 Å². The van der Waals surface area contributed by atoms with E-state index >= 15 is 0 Å². The first-order chi connectivity index (χ1) is 12.7. The lowest BCUT2D eigenvalue weighted by molar-refractivity contribution is 0.440. The van der Waals surface area contributed by atoms with Gasteiger partial charge in [0.25, 0.3) is 0 Å². The van der Waals surface area contributed by atoms with Crippen LogP contribution in [0.4, 0.5) is 0 Å². The second-order valence-electron chi connectivity index (χ2n) is 7.94. The minimum Gasteiger partial charge on any atom is -0.106 e. The molecule has 3 rings (SSSR count). The minimum absolute atomic E-state index is 0.219. The predicted molar refractivity (Wildman–Crippen MR) is 117 cm³/mol. The summed E-state index contributed by atoms with van der Waals surface area (Å²) < 4.78 is 2.66. The van der Waals surface area contributed by atoms with Crippen molar-refractivity contribution in [3.05, 3.63) is 57.8 Å². The van der Waals surface area contributed by atoms with Crippen molar-refractivity contribution in [2.75, 3.05) is 17.4 Å². The molecule has 1 saturated carbocycles. The lowest BCUT2D eigenvalue weighted by atomic mass is 9.83. The molecule has 26 heavy (non-hydrogen) atoms. The van der Waals surface area contributed by atoms with Crippen LogP contribution in [-0.4, -0.2) is 13.1 Å². The monoisotopic (exact) mass is 370 g/mol. The van der Waals surface area contributed by atoms with Crippen molar-refractivity contribution >= 4 is 10.7 Å². The van der Waals surface area contributed by atoms with Crippen molar-refractivity contribution in [3.63, 3.8) is 0 Å². The number of hydrogen-bond acceptors (Lipinski definition) is 1. The molecule has 1 aliphatic carbocycles. The van der Waals surface area contributed by atoms with Gasteiger partial charge in [0.2, 0.25) is 0 Å². The van der Waals surface area contributed by atoms with Gasteiger partial charge in [-0.2, -0.15) is 0 Å². The molecule has 2 heteroatoms. The van der Waals surface area contributed by atoms with Crippen molar-refractivity contribution < 1.29 is 0 Å². The SMILES string of the molecule is CCN(CC)[s+]1ccc(C2CCCCC2)c1CC(C)Cc1ccccc1. The highest BCUT2D eigenvalue weighted by atomic mass is 32.2. The zero-order chi connectivity index (χ0) is 18.4. The first-order valence-electron chi connectivity index (χ1n) is 10.7. The largest absolute Gasteiger partial charge is 0.175 e. The van der Waals surface area contributed by atoms with E-state index in [1.54, 1.807) is 10.4 Å². The molecule has 1 aromatic heterocycles. The number of thiophene rings is 1. The Morgan fingerprint density at radius 3 is 2.31 bits per heavy atom. The molecule has 0 amide bonds. The molecule has 1 fully saturated rings. The maximum Gasteiger partial charge on any atom is 0.175 e. The van der Waals surface area contributed by atoms with E-state index in [1.165, 1.54) is 50.5 Å². The third kappa shape index (κ3) is 4.78. The highest BCUT2D eigenvalue weighted by Crippen LogP contribution is 2.42. The molecule has 0 N–H and O–H groups in total. The van der Waals surface area contributed by atoms with Gasteiger partial charge in [0, 0.05) is 31.1 Å². The summed E-state index contributed by atoms with van der Waals surface area (Å²) in [4.78, 5) is 1.77. The molecule has 0 spiro atoms. The van der Waals surface area contributed by atoms with Gasteiger partial charge in [-0.1, -0.05) is 56.5 Å². The fourth-order valence-electron chi connectivity index (χ4n) is 4.56. The molecule has 1 aromatic carbocycles. The van der Waals surface area contributed by atoms with E-state index in [-0.39, 0.29) is 10.7 Å². The molecular formula is C24H36NS+. The fraction of sp³-hybridized carbons (Fsp3) is 0.583. The Morgan fingerprint density at radius 1 is 0.962 bits per heavy atom. The zero-order valence-electron chi connectivity index (χ0n) is 16.9. The summed E-state index contributed by atoms with van der Waals surface area (Å²) in [5, 5.41) is 2.53. The van der Waals surface area contributed by atoms with Gasteiger partial charge >= 0.3 is 0 Å². The zero-order valence-corrected chi connectivity index (χ0v) is 17.7. The smallest absolute Gasteiger partial charge is 0.106 e. The van der Waals surface area contributed by atoms with Crippen LogP contribution in [-0.2, 0) is 12.8 Å². The lowest BCUT2D eigenvalue weighted by Crippen LogP contribution is -2.21. The number of rotatable bonds is 8. The van der Waals surface area contributed by atoms with Crippen LogP contribution in [0.3, 0.4) is 0 Å². The lowest BCUT2D eigenvalue weighted by Gasteiger charge is -2.22. The quantitative estimate of drug-likeness (QED) is 0.458. The minimum atomic E-state index is 0.219. The van der Waals surface area contributed by atoms with E-state index < -0.39 is 0 Å². The van der Waals surface area contributed by atoms with E-state index in [0.717, 1.165) is 19.0 Å². The average Bonchev–Trinajstić information content (AvgIpc) is 3.07. The third-order valence-electron chi connectivity index (χ3n) is 5.94. The maximum atomic E-state index is 2.66. The molecular weight excluding hydrogens is 334 g/mol. The first-order valence-corrected chi connectivity index (χ1v) is 11.9. The van der Waals surface area contributed by atoms with Crippen LogP contribution >= 0.6 is 10.7 Å². The van der Waals surface area contributed by atoms with Gasteiger partial charge in [-0.05, 0) is 50.5 Å². The van der Waals surface area contributed by atoms with Crippen LogP contribution in [0.1, 0.15) is 74.8 Å². The van der Waals surface area contributed by atoms with Gasteiger partial charge < -0.3 is 0 Å². The standard InChI is InChI=1S/C24H36NS/c1-4-25(5-2)26-17-16-23(22-14-10-7-11-15-22)24(26)19-20(3)18-21-12-8-6-9-13-21/h6,8-9,12-13,16-17,20,22H,4-5,7,10-11,14-15,18-19H2,1-3H3/q+1. The Morgan fingerprint density at radius 2 is 1.65 bits per heavy atom. The van der Waals surface area contributed by atoms with E-state index in [1.807, 2.05) is 0 Å². The maximum absolute atomic E-state index is 2.66. The molecule has 0 bridgehead atoms. The van der Waals surface area contributed by atoms with Crippen molar-refractivity contribution in [2.45, 2.75) is 71.6 Å². The summed E-state index contributed by atoms with van der Waals surface area (Å²) in [7, 11) is 0.219. The Labute approximate surface area is 163 Å². The molecule has 0 saturated heterocycles. The second kappa shape index (κ2) is 9.71. The van der Waals surface area contributed by atoms with Gasteiger partial charge in [0.05, 0.1) is 10.7 Å². The third-order valence-corrected chi connectivity index (χ3v) is 8.31. The molecule has 142 valence electrons. The summed E-state index contributed by atoms with van der Waals surface area (Å²) in [5.41, 5.74) is 3.20.